The topological polar surface area (TPSA) is 110 Å². The Kier molecular flexibility index (Phi) is 4.81. The number of urea groups is 1. The summed E-state index contributed by atoms with van der Waals surface area (Å²) in [6.07, 6.45) is 2.33. The minimum Gasteiger partial charge on any atom is -0.357 e. The van der Waals surface area contributed by atoms with Crippen LogP contribution in [-0.2, 0) is 4.79 Å². The Labute approximate surface area is 125 Å². The Morgan fingerprint density at radius 1 is 1.40 bits per heavy atom. The number of nitrogens with one attached hydrogen (secondary N) is 2. The molecule has 1 aromatic heterocycles. The van der Waals surface area contributed by atoms with E-state index >= 15 is 0 Å². The van der Waals surface area contributed by atoms with Crippen molar-refractivity contribution in [2.75, 3.05) is 5.32 Å². The lowest BCUT2D eigenvalue weighted by molar-refractivity contribution is -0.120. The average Bonchev–Trinajstić information content (AvgIpc) is 3.03. The summed E-state index contributed by atoms with van der Waals surface area (Å²) in [6, 6.07) is -0.325. The van der Waals surface area contributed by atoms with Gasteiger partial charge < -0.3 is 11.1 Å². The molecule has 2 rings (SSSR count). The molecular formula is C11H17N5O2S2. The predicted octanol–water partition coefficient (Wildman–Crippen LogP) is 1.42. The van der Waals surface area contributed by atoms with Crippen molar-refractivity contribution < 1.29 is 9.59 Å². The van der Waals surface area contributed by atoms with E-state index < -0.39 is 17.2 Å². The highest BCUT2D eigenvalue weighted by atomic mass is 32.2. The Bertz CT molecular complexity index is 501. The molecule has 0 saturated heterocycles. The third kappa shape index (κ3) is 4.34. The van der Waals surface area contributed by atoms with E-state index in [4.69, 9.17) is 5.73 Å². The zero-order valence-corrected chi connectivity index (χ0v) is 12.9. The van der Waals surface area contributed by atoms with E-state index in [0.717, 1.165) is 18.0 Å². The third-order valence-electron chi connectivity index (χ3n) is 2.65. The van der Waals surface area contributed by atoms with Crippen molar-refractivity contribution in [3.8, 4) is 0 Å². The van der Waals surface area contributed by atoms with Crippen molar-refractivity contribution in [1.82, 2.24) is 15.5 Å². The first kappa shape index (κ1) is 15.0. The third-order valence-corrected chi connectivity index (χ3v) is 5.13. The number of primary amides is 1. The smallest absolute Gasteiger partial charge is 0.318 e. The molecule has 1 aromatic rings. The summed E-state index contributed by atoms with van der Waals surface area (Å²) in [7, 11) is 0. The van der Waals surface area contributed by atoms with Crippen LogP contribution in [0.15, 0.2) is 4.34 Å². The highest BCUT2D eigenvalue weighted by Crippen LogP contribution is 2.34. The summed E-state index contributed by atoms with van der Waals surface area (Å²) >= 11 is 2.72. The van der Waals surface area contributed by atoms with E-state index in [-0.39, 0.29) is 5.92 Å². The zero-order chi connectivity index (χ0) is 14.7. The fraction of sp³-hybridized carbons (Fsp3) is 0.636. The first-order valence-electron chi connectivity index (χ1n) is 6.32. The predicted molar refractivity (Wildman–Crippen MR) is 78.8 cm³/mol. The van der Waals surface area contributed by atoms with Crippen LogP contribution in [0.5, 0.6) is 0 Å². The molecule has 0 aliphatic heterocycles. The summed E-state index contributed by atoms with van der Waals surface area (Å²) < 4.78 is 0.700. The molecule has 7 nitrogen and oxygen atoms in total. The molecular weight excluding hydrogens is 298 g/mol. The Morgan fingerprint density at radius 3 is 2.65 bits per heavy atom. The first-order chi connectivity index (χ1) is 9.45. The van der Waals surface area contributed by atoms with Crippen molar-refractivity contribution in [2.45, 2.75) is 42.3 Å². The summed E-state index contributed by atoms with van der Waals surface area (Å²) in [4.78, 5) is 22.7. The van der Waals surface area contributed by atoms with E-state index in [2.05, 4.69) is 20.8 Å². The number of hydrogen-bond donors (Lipinski definition) is 3. The maximum atomic E-state index is 11.9. The van der Waals surface area contributed by atoms with E-state index in [1.165, 1.54) is 23.1 Å². The number of carbonyl (C=O) groups excluding carboxylic acids is 2. The van der Waals surface area contributed by atoms with Crippen molar-refractivity contribution in [1.29, 1.82) is 0 Å². The van der Waals surface area contributed by atoms with Crippen LogP contribution in [0.25, 0.3) is 0 Å². The second-order valence-electron chi connectivity index (χ2n) is 4.93. The molecule has 3 amide bonds. The van der Waals surface area contributed by atoms with Gasteiger partial charge in [0.2, 0.25) is 11.0 Å². The van der Waals surface area contributed by atoms with E-state index in [1.807, 2.05) is 13.8 Å². The summed E-state index contributed by atoms with van der Waals surface area (Å²) in [5, 5.41) is 13.8. The lowest BCUT2D eigenvalue weighted by atomic mass is 10.1. The minimum atomic E-state index is -0.838. The number of carbonyl (C=O) groups is 2. The van der Waals surface area contributed by atoms with Crippen LogP contribution in [-0.4, -0.2) is 33.4 Å². The Hall–Kier alpha value is -1.35. The van der Waals surface area contributed by atoms with Gasteiger partial charge in [0, 0.05) is 6.04 Å². The van der Waals surface area contributed by atoms with Gasteiger partial charge in [-0.1, -0.05) is 36.9 Å². The molecule has 0 aromatic carbocycles. The molecule has 20 heavy (non-hydrogen) atoms. The summed E-state index contributed by atoms with van der Waals surface area (Å²) in [6.45, 7) is 3.81. The molecule has 1 atom stereocenters. The lowest BCUT2D eigenvalue weighted by Gasteiger charge is -2.16. The zero-order valence-electron chi connectivity index (χ0n) is 11.3. The number of thioether (sulfide) groups is 1. The van der Waals surface area contributed by atoms with Gasteiger partial charge in [0.15, 0.2) is 4.34 Å². The number of amides is 3. The molecule has 4 N–H and O–H groups in total. The molecule has 0 radical (unpaired) electrons. The molecule has 0 bridgehead atoms. The van der Waals surface area contributed by atoms with Gasteiger partial charge in [-0.2, -0.15) is 0 Å². The number of nitrogens with zero attached hydrogens (tertiary/aromatic N) is 2. The van der Waals surface area contributed by atoms with E-state index in [0.29, 0.717) is 10.4 Å². The van der Waals surface area contributed by atoms with Crippen LogP contribution in [0.4, 0.5) is 9.93 Å². The normalized spacial score (nSPS) is 15.9. The van der Waals surface area contributed by atoms with Crippen molar-refractivity contribution >= 4 is 40.2 Å². The van der Waals surface area contributed by atoms with E-state index in [9.17, 15) is 9.59 Å². The number of hydrogen-bond acceptors (Lipinski definition) is 7. The van der Waals surface area contributed by atoms with Crippen LogP contribution < -0.4 is 16.4 Å². The van der Waals surface area contributed by atoms with Gasteiger partial charge in [-0.25, -0.2) is 4.79 Å². The quantitative estimate of drug-likeness (QED) is 0.685. The maximum Gasteiger partial charge on any atom is 0.318 e. The average molecular weight is 315 g/mol. The molecule has 0 spiro atoms. The standard InChI is InChI=1S/C11H17N5O2S2/c1-5(2)7(8(17)14-9(12)18)19-11-16-15-10(20-11)13-6-3-4-6/h5-7H,3-4H2,1-2H3,(H,13,15)(H3,12,14,17,18). The van der Waals surface area contributed by atoms with Gasteiger partial charge in [0.1, 0.15) is 0 Å². The molecule has 9 heteroatoms. The Morgan fingerprint density at radius 2 is 2.10 bits per heavy atom. The Balaban J connectivity index is 1.97. The number of aromatic nitrogens is 2. The van der Waals surface area contributed by atoms with Gasteiger partial charge in [0.25, 0.3) is 0 Å². The van der Waals surface area contributed by atoms with Gasteiger partial charge in [0.05, 0.1) is 5.25 Å². The van der Waals surface area contributed by atoms with Gasteiger partial charge in [-0.05, 0) is 18.8 Å². The van der Waals surface area contributed by atoms with Crippen molar-refractivity contribution in [3.05, 3.63) is 0 Å². The van der Waals surface area contributed by atoms with Crippen LogP contribution in [0.3, 0.4) is 0 Å². The first-order valence-corrected chi connectivity index (χ1v) is 8.02. The number of anilines is 1. The van der Waals surface area contributed by atoms with Crippen LogP contribution in [0.2, 0.25) is 0 Å². The molecule has 1 aliphatic carbocycles. The molecule has 110 valence electrons. The molecule has 1 heterocycles. The largest absolute Gasteiger partial charge is 0.357 e. The fourth-order valence-electron chi connectivity index (χ4n) is 1.51. The van der Waals surface area contributed by atoms with Gasteiger partial charge >= 0.3 is 6.03 Å². The second kappa shape index (κ2) is 6.40. The number of rotatable bonds is 6. The van der Waals surface area contributed by atoms with Crippen LogP contribution in [0, 0.1) is 5.92 Å². The molecule has 1 saturated carbocycles. The van der Waals surface area contributed by atoms with E-state index in [1.54, 1.807) is 0 Å². The maximum absolute atomic E-state index is 11.9. The SMILES string of the molecule is CC(C)C(Sc1nnc(NC2CC2)s1)C(=O)NC(N)=O. The highest BCUT2D eigenvalue weighted by molar-refractivity contribution is 8.02. The van der Waals surface area contributed by atoms with Crippen LogP contribution >= 0.6 is 23.1 Å². The molecule has 1 unspecified atom stereocenters. The number of nitrogens with two attached hydrogens (primary N) is 1. The second-order valence-corrected chi connectivity index (χ2v) is 7.29. The van der Waals surface area contributed by atoms with Crippen molar-refractivity contribution in [3.63, 3.8) is 0 Å². The minimum absolute atomic E-state index is 0.0445. The summed E-state index contributed by atoms with van der Waals surface area (Å²) in [5.41, 5.74) is 4.98. The monoisotopic (exact) mass is 315 g/mol. The van der Waals surface area contributed by atoms with Gasteiger partial charge in [-0.15, -0.1) is 10.2 Å². The number of imide groups is 1. The summed E-state index contributed by atoms with van der Waals surface area (Å²) in [5.74, 6) is -0.354. The highest BCUT2D eigenvalue weighted by Gasteiger charge is 2.27. The van der Waals surface area contributed by atoms with Crippen LogP contribution in [0.1, 0.15) is 26.7 Å². The lowest BCUT2D eigenvalue weighted by Crippen LogP contribution is -2.42. The molecule has 1 fully saturated rings. The fourth-order valence-corrected chi connectivity index (χ4v) is 3.55. The molecule has 1 aliphatic rings. The van der Waals surface area contributed by atoms with Crippen molar-refractivity contribution in [2.24, 2.45) is 11.7 Å². The van der Waals surface area contributed by atoms with Gasteiger partial charge in [-0.3, -0.25) is 10.1 Å².